The van der Waals surface area contributed by atoms with Gasteiger partial charge in [-0.1, -0.05) is 30.3 Å². The van der Waals surface area contributed by atoms with Crippen LogP contribution in [0.4, 0.5) is 0 Å². The molecule has 3 rings (SSSR count). The van der Waals surface area contributed by atoms with E-state index in [2.05, 4.69) is 5.10 Å². The van der Waals surface area contributed by atoms with Gasteiger partial charge in [0.2, 0.25) is 5.78 Å². The lowest BCUT2D eigenvalue weighted by Gasteiger charge is -2.03. The normalized spacial score (nSPS) is 10.3. The number of carbonyl (C=O) groups is 2. The quantitative estimate of drug-likeness (QED) is 0.537. The fourth-order valence-corrected chi connectivity index (χ4v) is 2.24. The van der Waals surface area contributed by atoms with Crippen LogP contribution in [0.5, 0.6) is 5.75 Å². The monoisotopic (exact) mass is 306 g/mol. The zero-order valence-corrected chi connectivity index (χ0v) is 12.5. The molecule has 0 aliphatic rings. The minimum absolute atomic E-state index is 0.141. The molecule has 0 saturated heterocycles. The third kappa shape index (κ3) is 2.89. The van der Waals surface area contributed by atoms with E-state index in [1.54, 1.807) is 61.8 Å². The van der Waals surface area contributed by atoms with Crippen molar-refractivity contribution >= 4 is 12.1 Å². The van der Waals surface area contributed by atoms with E-state index < -0.39 is 0 Å². The van der Waals surface area contributed by atoms with Gasteiger partial charge in [0.25, 0.3) is 0 Å². The predicted molar refractivity (Wildman–Crippen MR) is 85.4 cm³/mol. The van der Waals surface area contributed by atoms with Crippen molar-refractivity contribution in [1.29, 1.82) is 0 Å². The molecule has 5 nitrogen and oxygen atoms in total. The molecule has 114 valence electrons. The molecule has 0 atom stereocenters. The Morgan fingerprint density at radius 1 is 1.09 bits per heavy atom. The topological polar surface area (TPSA) is 61.2 Å². The van der Waals surface area contributed by atoms with Crippen molar-refractivity contribution in [3.05, 3.63) is 77.6 Å². The van der Waals surface area contributed by atoms with Crippen LogP contribution >= 0.6 is 0 Å². The Morgan fingerprint density at radius 3 is 2.39 bits per heavy atom. The predicted octanol–water partition coefficient (Wildman–Crippen LogP) is 2.92. The number of hydrogen-bond donors (Lipinski definition) is 0. The van der Waals surface area contributed by atoms with Gasteiger partial charge in [-0.3, -0.25) is 9.59 Å². The standard InChI is InChI=1S/C18H14N2O3/c1-23-16-9-7-15(8-10-16)20-11-14(12-21)17(19-20)18(22)13-5-3-2-4-6-13/h2-12H,1H3. The Labute approximate surface area is 133 Å². The van der Waals surface area contributed by atoms with Gasteiger partial charge in [-0.2, -0.15) is 5.10 Å². The minimum atomic E-state index is -0.278. The molecule has 0 radical (unpaired) electrons. The lowest BCUT2D eigenvalue weighted by atomic mass is 10.1. The number of nitrogens with zero attached hydrogens (tertiary/aromatic N) is 2. The zero-order valence-electron chi connectivity index (χ0n) is 12.5. The summed E-state index contributed by atoms with van der Waals surface area (Å²) in [5.41, 5.74) is 1.63. The van der Waals surface area contributed by atoms with E-state index in [1.807, 2.05) is 6.07 Å². The third-order valence-electron chi connectivity index (χ3n) is 3.46. The highest BCUT2D eigenvalue weighted by molar-refractivity contribution is 6.11. The molecule has 1 aromatic heterocycles. The van der Waals surface area contributed by atoms with Crippen LogP contribution in [0.15, 0.2) is 60.8 Å². The van der Waals surface area contributed by atoms with Crippen LogP contribution < -0.4 is 4.74 Å². The number of ether oxygens (including phenoxy) is 1. The maximum Gasteiger partial charge on any atom is 0.213 e. The molecule has 0 bridgehead atoms. The first-order chi connectivity index (χ1) is 11.2. The van der Waals surface area contributed by atoms with Crippen LogP contribution in [0.1, 0.15) is 26.4 Å². The van der Waals surface area contributed by atoms with E-state index in [-0.39, 0.29) is 17.0 Å². The molecule has 0 spiro atoms. The smallest absolute Gasteiger partial charge is 0.213 e. The van der Waals surface area contributed by atoms with Crippen molar-refractivity contribution in [1.82, 2.24) is 9.78 Å². The summed E-state index contributed by atoms with van der Waals surface area (Å²) in [6.45, 7) is 0. The Hall–Kier alpha value is -3.21. The largest absolute Gasteiger partial charge is 0.497 e. The molecular formula is C18H14N2O3. The molecule has 0 amide bonds. The van der Waals surface area contributed by atoms with Gasteiger partial charge < -0.3 is 4.74 Å². The van der Waals surface area contributed by atoms with Crippen molar-refractivity contribution < 1.29 is 14.3 Å². The van der Waals surface area contributed by atoms with Gasteiger partial charge in [0, 0.05) is 11.8 Å². The van der Waals surface area contributed by atoms with Crippen LogP contribution in [0.2, 0.25) is 0 Å². The molecule has 5 heteroatoms. The summed E-state index contributed by atoms with van der Waals surface area (Å²) >= 11 is 0. The number of rotatable bonds is 5. The van der Waals surface area contributed by atoms with Crippen LogP contribution in [-0.4, -0.2) is 29.0 Å². The molecule has 1 heterocycles. The Kier molecular flexibility index (Phi) is 4.01. The second-order valence-corrected chi connectivity index (χ2v) is 4.89. The third-order valence-corrected chi connectivity index (χ3v) is 3.46. The van der Waals surface area contributed by atoms with Crippen molar-refractivity contribution in [3.8, 4) is 11.4 Å². The number of methoxy groups -OCH3 is 1. The van der Waals surface area contributed by atoms with E-state index in [0.29, 0.717) is 11.8 Å². The molecule has 0 N–H and O–H groups in total. The Morgan fingerprint density at radius 2 is 1.78 bits per heavy atom. The average Bonchev–Trinajstić information content (AvgIpc) is 3.06. The number of benzene rings is 2. The highest BCUT2D eigenvalue weighted by Crippen LogP contribution is 2.17. The summed E-state index contributed by atoms with van der Waals surface area (Å²) < 4.78 is 6.62. The van der Waals surface area contributed by atoms with Crippen LogP contribution in [0.25, 0.3) is 5.69 Å². The van der Waals surface area contributed by atoms with Crippen molar-refractivity contribution in [2.45, 2.75) is 0 Å². The molecule has 0 unspecified atom stereocenters. The van der Waals surface area contributed by atoms with E-state index in [1.165, 1.54) is 4.68 Å². The van der Waals surface area contributed by atoms with Crippen LogP contribution in [0, 0.1) is 0 Å². The number of ketones is 1. The summed E-state index contributed by atoms with van der Waals surface area (Å²) in [5, 5.41) is 4.28. The van der Waals surface area contributed by atoms with Crippen LogP contribution in [-0.2, 0) is 0 Å². The molecule has 0 aliphatic carbocycles. The molecule has 0 saturated carbocycles. The maximum absolute atomic E-state index is 12.5. The van der Waals surface area contributed by atoms with Gasteiger partial charge in [0.15, 0.2) is 6.29 Å². The van der Waals surface area contributed by atoms with Crippen molar-refractivity contribution in [2.75, 3.05) is 7.11 Å². The molecule has 2 aromatic carbocycles. The van der Waals surface area contributed by atoms with Crippen molar-refractivity contribution in [3.63, 3.8) is 0 Å². The highest BCUT2D eigenvalue weighted by atomic mass is 16.5. The first-order valence-electron chi connectivity index (χ1n) is 7.02. The second kappa shape index (κ2) is 6.27. The highest BCUT2D eigenvalue weighted by Gasteiger charge is 2.18. The van der Waals surface area contributed by atoms with Gasteiger partial charge in [-0.15, -0.1) is 0 Å². The lowest BCUT2D eigenvalue weighted by molar-refractivity contribution is 0.102. The molecule has 0 fully saturated rings. The second-order valence-electron chi connectivity index (χ2n) is 4.89. The minimum Gasteiger partial charge on any atom is -0.497 e. The van der Waals surface area contributed by atoms with E-state index >= 15 is 0 Å². The maximum atomic E-state index is 12.5. The Bertz CT molecular complexity index is 836. The molecule has 23 heavy (non-hydrogen) atoms. The lowest BCUT2D eigenvalue weighted by Crippen LogP contribution is -2.05. The van der Waals surface area contributed by atoms with Gasteiger partial charge in [0.05, 0.1) is 18.4 Å². The number of aldehydes is 1. The van der Waals surface area contributed by atoms with E-state index in [4.69, 9.17) is 4.74 Å². The van der Waals surface area contributed by atoms with E-state index in [0.717, 1.165) is 11.4 Å². The molecule has 3 aromatic rings. The zero-order chi connectivity index (χ0) is 16.2. The summed E-state index contributed by atoms with van der Waals surface area (Å²) in [4.78, 5) is 23.8. The molecular weight excluding hydrogens is 292 g/mol. The van der Waals surface area contributed by atoms with Gasteiger partial charge in [0.1, 0.15) is 11.4 Å². The summed E-state index contributed by atoms with van der Waals surface area (Å²) in [6, 6.07) is 15.9. The van der Waals surface area contributed by atoms with Crippen LogP contribution in [0.3, 0.4) is 0 Å². The molecule has 0 aliphatic heterocycles. The first-order valence-corrected chi connectivity index (χ1v) is 7.02. The summed E-state index contributed by atoms with van der Waals surface area (Å²) in [6.07, 6.45) is 2.19. The first kappa shape index (κ1) is 14.7. The summed E-state index contributed by atoms with van der Waals surface area (Å²) in [5.74, 6) is 0.442. The Balaban J connectivity index is 2.00. The van der Waals surface area contributed by atoms with Gasteiger partial charge >= 0.3 is 0 Å². The average molecular weight is 306 g/mol. The van der Waals surface area contributed by atoms with E-state index in [9.17, 15) is 9.59 Å². The van der Waals surface area contributed by atoms with Gasteiger partial charge in [-0.05, 0) is 24.3 Å². The number of aromatic nitrogens is 2. The fourth-order valence-electron chi connectivity index (χ4n) is 2.24. The number of hydrogen-bond acceptors (Lipinski definition) is 4. The fraction of sp³-hybridized carbons (Fsp3) is 0.0556. The van der Waals surface area contributed by atoms with Crippen molar-refractivity contribution in [2.24, 2.45) is 0 Å². The SMILES string of the molecule is COc1ccc(-n2cc(C=O)c(C(=O)c3ccccc3)n2)cc1. The number of carbonyl (C=O) groups excluding carboxylic acids is 2. The summed E-state index contributed by atoms with van der Waals surface area (Å²) in [7, 11) is 1.59. The van der Waals surface area contributed by atoms with Gasteiger partial charge in [-0.25, -0.2) is 4.68 Å².